The number of aromatic nitrogens is 2. The van der Waals surface area contributed by atoms with E-state index in [2.05, 4.69) is 5.32 Å². The molecule has 2 N–H and O–H groups in total. The van der Waals surface area contributed by atoms with Crippen molar-refractivity contribution < 1.29 is 19.1 Å². The average molecular weight is 409 g/mol. The van der Waals surface area contributed by atoms with E-state index in [0.29, 0.717) is 17.2 Å². The van der Waals surface area contributed by atoms with Crippen molar-refractivity contribution in [3.05, 3.63) is 87.2 Å². The second-order valence-corrected chi connectivity index (χ2v) is 6.39. The van der Waals surface area contributed by atoms with Gasteiger partial charge in [0, 0.05) is 18.0 Å². The molecule has 0 saturated carbocycles. The normalized spacial score (nSPS) is 10.3. The van der Waals surface area contributed by atoms with E-state index in [1.54, 1.807) is 24.3 Å². The van der Waals surface area contributed by atoms with Crippen molar-refractivity contribution in [1.82, 2.24) is 9.55 Å². The lowest BCUT2D eigenvalue weighted by molar-refractivity contribution is -0.148. The molecule has 0 spiro atoms. The highest BCUT2D eigenvalue weighted by Crippen LogP contribution is 2.23. The van der Waals surface area contributed by atoms with Crippen LogP contribution >= 0.6 is 0 Å². The van der Waals surface area contributed by atoms with E-state index in [9.17, 15) is 19.2 Å². The summed E-state index contributed by atoms with van der Waals surface area (Å²) in [6, 6.07) is 15.4. The van der Waals surface area contributed by atoms with Gasteiger partial charge in [-0.15, -0.1) is 0 Å². The van der Waals surface area contributed by atoms with E-state index in [0.717, 1.165) is 16.2 Å². The van der Waals surface area contributed by atoms with Crippen LogP contribution in [0, 0.1) is 6.92 Å². The van der Waals surface area contributed by atoms with Gasteiger partial charge in [0.1, 0.15) is 18.0 Å². The predicted octanol–water partition coefficient (Wildman–Crippen LogP) is 1.82. The first-order chi connectivity index (χ1) is 14.4. The number of benzene rings is 2. The van der Waals surface area contributed by atoms with Crippen LogP contribution < -0.4 is 21.3 Å². The van der Waals surface area contributed by atoms with Crippen LogP contribution in [-0.4, -0.2) is 28.0 Å². The number of aromatic amines is 1. The van der Waals surface area contributed by atoms with Gasteiger partial charge >= 0.3 is 11.7 Å². The van der Waals surface area contributed by atoms with E-state index in [1.165, 1.54) is 6.20 Å². The maximum Gasteiger partial charge on any atom is 0.328 e. The molecular weight excluding hydrogens is 390 g/mol. The first kappa shape index (κ1) is 20.6. The fraction of sp³-hybridized carbons (Fsp3) is 0.143. The van der Waals surface area contributed by atoms with Crippen LogP contribution in [0.2, 0.25) is 0 Å². The number of carbonyl (C=O) groups is 2. The molecule has 0 unspecified atom stereocenters. The lowest BCUT2D eigenvalue weighted by Gasteiger charge is -2.09. The molecule has 3 aromatic rings. The second-order valence-electron chi connectivity index (χ2n) is 6.39. The van der Waals surface area contributed by atoms with Gasteiger partial charge in [0.05, 0.1) is 0 Å². The molecule has 1 amide bonds. The molecule has 9 heteroatoms. The number of nitrogens with zero attached hydrogens (tertiary/aromatic N) is 1. The fourth-order valence-electron chi connectivity index (χ4n) is 2.45. The Morgan fingerprint density at radius 1 is 0.967 bits per heavy atom. The number of amides is 1. The lowest BCUT2D eigenvalue weighted by atomic mass is 10.2. The summed E-state index contributed by atoms with van der Waals surface area (Å²) < 4.78 is 11.5. The van der Waals surface area contributed by atoms with Crippen molar-refractivity contribution in [2.24, 2.45) is 0 Å². The molecule has 0 aliphatic heterocycles. The van der Waals surface area contributed by atoms with Crippen LogP contribution in [-0.2, 0) is 20.9 Å². The number of hydrogen-bond donors (Lipinski definition) is 2. The van der Waals surface area contributed by atoms with E-state index < -0.39 is 36.3 Å². The highest BCUT2D eigenvalue weighted by atomic mass is 16.5. The van der Waals surface area contributed by atoms with Gasteiger partial charge in [-0.05, 0) is 43.3 Å². The van der Waals surface area contributed by atoms with Gasteiger partial charge in [0.15, 0.2) is 6.61 Å². The van der Waals surface area contributed by atoms with Gasteiger partial charge in [0.25, 0.3) is 11.5 Å². The number of nitrogens with one attached hydrogen (secondary N) is 2. The summed E-state index contributed by atoms with van der Waals surface area (Å²) in [7, 11) is 0. The fourth-order valence-corrected chi connectivity index (χ4v) is 2.45. The molecule has 1 aromatic heterocycles. The standard InChI is InChI=1S/C21H19N3O6/c1-14-2-6-16(7-3-14)30-17-8-4-15(5-9-17)22-19(26)13-29-20(27)12-24-11-10-18(25)23-21(24)28/h2-11H,12-13H2,1H3,(H,22,26)(H,23,25,28). The maximum atomic E-state index is 12.0. The molecule has 30 heavy (non-hydrogen) atoms. The Kier molecular flexibility index (Phi) is 6.43. The van der Waals surface area contributed by atoms with Crippen LogP contribution in [0.15, 0.2) is 70.4 Å². The molecule has 0 bridgehead atoms. The molecule has 0 atom stereocenters. The number of rotatable bonds is 7. The maximum absolute atomic E-state index is 12.0. The second kappa shape index (κ2) is 9.37. The highest BCUT2D eigenvalue weighted by Gasteiger charge is 2.10. The summed E-state index contributed by atoms with van der Waals surface area (Å²) in [5.74, 6) is -0.0222. The molecule has 0 radical (unpaired) electrons. The summed E-state index contributed by atoms with van der Waals surface area (Å²) in [5.41, 5.74) is 0.326. The minimum absolute atomic E-state index is 0.423. The number of carbonyl (C=O) groups excluding carboxylic acids is 2. The molecular formula is C21H19N3O6. The van der Waals surface area contributed by atoms with Crippen molar-refractivity contribution in [3.8, 4) is 11.5 Å². The van der Waals surface area contributed by atoms with Crippen molar-refractivity contribution >= 4 is 17.6 Å². The summed E-state index contributed by atoms with van der Waals surface area (Å²) >= 11 is 0. The summed E-state index contributed by atoms with van der Waals surface area (Å²) in [5, 5.41) is 2.59. The van der Waals surface area contributed by atoms with Crippen molar-refractivity contribution in [3.63, 3.8) is 0 Å². The third-order valence-corrected chi connectivity index (χ3v) is 3.96. The Hall–Kier alpha value is -4.14. The molecule has 3 rings (SSSR count). The minimum atomic E-state index is -0.791. The number of anilines is 1. The third-order valence-electron chi connectivity index (χ3n) is 3.96. The van der Waals surface area contributed by atoms with Crippen LogP contribution in [0.3, 0.4) is 0 Å². The number of esters is 1. The van der Waals surface area contributed by atoms with Crippen molar-refractivity contribution in [2.45, 2.75) is 13.5 Å². The first-order valence-corrected chi connectivity index (χ1v) is 8.99. The van der Waals surface area contributed by atoms with Crippen LogP contribution in [0.4, 0.5) is 5.69 Å². The Morgan fingerprint density at radius 3 is 2.23 bits per heavy atom. The molecule has 0 saturated heterocycles. The molecule has 2 aromatic carbocycles. The number of hydrogen-bond acceptors (Lipinski definition) is 6. The largest absolute Gasteiger partial charge is 0.457 e. The number of aryl methyl sites for hydroxylation is 1. The van der Waals surface area contributed by atoms with Gasteiger partial charge in [-0.3, -0.25) is 23.9 Å². The lowest BCUT2D eigenvalue weighted by Crippen LogP contribution is -2.32. The van der Waals surface area contributed by atoms with Crippen molar-refractivity contribution in [1.29, 1.82) is 0 Å². The number of H-pyrrole nitrogens is 1. The predicted molar refractivity (Wildman–Crippen MR) is 109 cm³/mol. The van der Waals surface area contributed by atoms with E-state index in [1.807, 2.05) is 36.2 Å². The monoisotopic (exact) mass is 409 g/mol. The van der Waals surface area contributed by atoms with Crippen LogP contribution in [0.25, 0.3) is 0 Å². The summed E-state index contributed by atoms with van der Waals surface area (Å²) in [4.78, 5) is 48.3. The molecule has 0 aliphatic rings. The molecule has 9 nitrogen and oxygen atoms in total. The van der Waals surface area contributed by atoms with Gasteiger partial charge in [-0.1, -0.05) is 17.7 Å². The zero-order valence-corrected chi connectivity index (χ0v) is 16.1. The Balaban J connectivity index is 1.47. The molecule has 0 fully saturated rings. The quantitative estimate of drug-likeness (QED) is 0.575. The topological polar surface area (TPSA) is 119 Å². The Morgan fingerprint density at radius 2 is 1.60 bits per heavy atom. The highest BCUT2D eigenvalue weighted by molar-refractivity contribution is 5.92. The molecule has 154 valence electrons. The van der Waals surface area contributed by atoms with E-state index >= 15 is 0 Å². The van der Waals surface area contributed by atoms with Crippen LogP contribution in [0.5, 0.6) is 11.5 Å². The van der Waals surface area contributed by atoms with Crippen molar-refractivity contribution in [2.75, 3.05) is 11.9 Å². The third kappa shape index (κ3) is 5.93. The zero-order valence-electron chi connectivity index (χ0n) is 16.1. The number of ether oxygens (including phenoxy) is 2. The smallest absolute Gasteiger partial charge is 0.328 e. The van der Waals surface area contributed by atoms with Gasteiger partial charge in [-0.25, -0.2) is 4.79 Å². The van der Waals surface area contributed by atoms with Crippen LogP contribution in [0.1, 0.15) is 5.56 Å². The summed E-state index contributed by atoms with van der Waals surface area (Å²) in [6.45, 7) is 1.05. The zero-order chi connectivity index (χ0) is 21.5. The van der Waals surface area contributed by atoms with Gasteiger partial charge < -0.3 is 14.8 Å². The van der Waals surface area contributed by atoms with Gasteiger partial charge in [-0.2, -0.15) is 0 Å². The minimum Gasteiger partial charge on any atom is -0.457 e. The Labute approximate surface area is 170 Å². The SMILES string of the molecule is Cc1ccc(Oc2ccc(NC(=O)COC(=O)Cn3ccc(=O)[nH]c3=O)cc2)cc1. The molecule has 0 aliphatic carbocycles. The van der Waals surface area contributed by atoms with E-state index in [4.69, 9.17) is 9.47 Å². The van der Waals surface area contributed by atoms with Gasteiger partial charge in [0.2, 0.25) is 0 Å². The van der Waals surface area contributed by atoms with E-state index in [-0.39, 0.29) is 0 Å². The molecule has 1 heterocycles. The first-order valence-electron chi connectivity index (χ1n) is 8.99. The Bertz CT molecular complexity index is 1150. The summed E-state index contributed by atoms with van der Waals surface area (Å²) in [6.07, 6.45) is 1.17. The average Bonchev–Trinajstić information content (AvgIpc) is 2.72.